The van der Waals surface area contributed by atoms with Crippen molar-refractivity contribution in [2.75, 3.05) is 6.26 Å². The van der Waals surface area contributed by atoms with Gasteiger partial charge in [0.25, 0.3) is 22.5 Å². The molecule has 0 atom stereocenters. The number of sulfone groups is 1. The number of aromatic nitrogens is 2. The summed E-state index contributed by atoms with van der Waals surface area (Å²) < 4.78 is 24.2. The maximum atomic E-state index is 12.8. The summed E-state index contributed by atoms with van der Waals surface area (Å²) in [5.41, 5.74) is -0.678. The molecule has 0 spiro atoms. The second-order valence-electron chi connectivity index (χ2n) is 5.64. The molecule has 0 amide bonds. The Morgan fingerprint density at radius 3 is 2.00 bits per heavy atom. The molecule has 8 heteroatoms. The number of nitrogens with zero attached hydrogens (tertiary/aromatic N) is 2. The van der Waals surface area contributed by atoms with Crippen molar-refractivity contribution in [3.63, 3.8) is 0 Å². The monoisotopic (exact) mass is 358 g/mol. The third-order valence-electron chi connectivity index (χ3n) is 3.69. The molecule has 1 aromatic heterocycles. The van der Waals surface area contributed by atoms with Crippen LogP contribution in [0.5, 0.6) is 0 Å². The molecule has 0 radical (unpaired) electrons. The van der Waals surface area contributed by atoms with Crippen LogP contribution in [-0.2, 0) is 15.6 Å². The van der Waals surface area contributed by atoms with E-state index in [1.807, 2.05) is 0 Å². The van der Waals surface area contributed by atoms with Crippen LogP contribution in [0.3, 0.4) is 0 Å². The summed E-state index contributed by atoms with van der Waals surface area (Å²) in [6.45, 7) is 0. The molecule has 0 saturated heterocycles. The second-order valence-corrected chi connectivity index (χ2v) is 7.78. The molecule has 128 valence electrons. The Morgan fingerprint density at radius 2 is 1.44 bits per heavy atom. The fraction of sp³-hybridized carbons (Fsp3) is 0.118. The van der Waals surface area contributed by atoms with Crippen molar-refractivity contribution in [1.82, 2.24) is 0 Å². The summed E-state index contributed by atoms with van der Waals surface area (Å²) in [7, 11) is -3.65. The topological polar surface area (TPSA) is 105 Å². The number of para-hydroxylation sites is 2. The molecule has 0 bridgehead atoms. The number of ketones is 1. The number of rotatable bonds is 4. The van der Waals surface area contributed by atoms with Crippen LogP contribution in [0.4, 0.5) is 0 Å². The normalized spacial score (nSPS) is 11.6. The van der Waals surface area contributed by atoms with Crippen LogP contribution in [0.2, 0.25) is 0 Å². The fourth-order valence-electron chi connectivity index (χ4n) is 2.61. The Kier molecular flexibility index (Phi) is 4.13. The highest BCUT2D eigenvalue weighted by Crippen LogP contribution is 2.15. The maximum Gasteiger partial charge on any atom is 0.335 e. The van der Waals surface area contributed by atoms with Crippen LogP contribution < -0.4 is 9.46 Å². The van der Waals surface area contributed by atoms with Gasteiger partial charge in [-0.25, -0.2) is 8.42 Å². The SMILES string of the molecule is CS(=O)(=O)Cc1c(C(=O)c2ccccc2)[n+]([O-])c2ccccc2[n+]1[O-]. The van der Waals surface area contributed by atoms with Gasteiger partial charge in [0.15, 0.2) is 9.84 Å². The van der Waals surface area contributed by atoms with Crippen LogP contribution in [0, 0.1) is 10.4 Å². The van der Waals surface area contributed by atoms with E-state index in [0.29, 0.717) is 9.46 Å². The van der Waals surface area contributed by atoms with Crippen LogP contribution in [0.25, 0.3) is 11.0 Å². The Bertz CT molecular complexity index is 1080. The Hall–Kier alpha value is -3.00. The molecule has 0 saturated carbocycles. The summed E-state index contributed by atoms with van der Waals surface area (Å²) >= 11 is 0. The zero-order valence-corrected chi connectivity index (χ0v) is 14.1. The molecule has 3 aromatic rings. The molecule has 0 fully saturated rings. The highest BCUT2D eigenvalue weighted by molar-refractivity contribution is 7.89. The van der Waals surface area contributed by atoms with Gasteiger partial charge in [0.05, 0.1) is 0 Å². The largest absolute Gasteiger partial charge is 0.618 e. The van der Waals surface area contributed by atoms with Crippen LogP contribution in [0.1, 0.15) is 21.7 Å². The van der Waals surface area contributed by atoms with Crippen LogP contribution in [0.15, 0.2) is 54.6 Å². The number of carbonyl (C=O) groups is 1. The van der Waals surface area contributed by atoms with Gasteiger partial charge in [-0.15, -0.1) is 0 Å². The highest BCUT2D eigenvalue weighted by atomic mass is 32.2. The summed E-state index contributed by atoms with van der Waals surface area (Å²) in [6.07, 6.45) is 0.939. The lowest BCUT2D eigenvalue weighted by atomic mass is 10.1. The van der Waals surface area contributed by atoms with E-state index >= 15 is 0 Å². The molecule has 0 aliphatic carbocycles. The van der Waals surface area contributed by atoms with E-state index < -0.39 is 27.1 Å². The lowest BCUT2D eigenvalue weighted by Gasteiger charge is -2.12. The van der Waals surface area contributed by atoms with Crippen LogP contribution in [-0.4, -0.2) is 20.5 Å². The number of hydrogen-bond donors (Lipinski definition) is 0. The quantitative estimate of drug-likeness (QED) is 0.391. The van der Waals surface area contributed by atoms with Crippen molar-refractivity contribution < 1.29 is 22.7 Å². The van der Waals surface area contributed by atoms with E-state index in [1.54, 1.807) is 30.3 Å². The Morgan fingerprint density at radius 1 is 0.920 bits per heavy atom. The van der Waals surface area contributed by atoms with Gasteiger partial charge in [-0.1, -0.05) is 42.5 Å². The minimum atomic E-state index is -3.65. The van der Waals surface area contributed by atoms with E-state index in [1.165, 1.54) is 24.3 Å². The van der Waals surface area contributed by atoms with E-state index in [-0.39, 0.29) is 22.3 Å². The zero-order chi connectivity index (χ0) is 18.2. The average Bonchev–Trinajstić information content (AvgIpc) is 2.59. The lowest BCUT2D eigenvalue weighted by Crippen LogP contribution is -2.48. The molecule has 0 aliphatic rings. The standard InChI is InChI=1S/C17H14N2O5S/c1-25(23,24)11-15-16(17(20)12-7-3-2-4-8-12)19(22)14-10-6-5-9-13(14)18(15)21/h2-10H,11H2,1H3. The Balaban J connectivity index is 2.37. The van der Waals surface area contributed by atoms with Gasteiger partial charge in [-0.3, -0.25) is 4.79 Å². The average molecular weight is 358 g/mol. The first-order valence-electron chi connectivity index (χ1n) is 7.34. The van der Waals surface area contributed by atoms with Crippen LogP contribution >= 0.6 is 0 Å². The zero-order valence-electron chi connectivity index (χ0n) is 13.2. The van der Waals surface area contributed by atoms with Gasteiger partial charge in [0, 0.05) is 24.0 Å². The molecule has 25 heavy (non-hydrogen) atoms. The molecular formula is C17H14N2O5S. The maximum absolute atomic E-state index is 12.8. The minimum Gasteiger partial charge on any atom is -0.618 e. The molecule has 2 aromatic carbocycles. The molecule has 7 nitrogen and oxygen atoms in total. The second kappa shape index (κ2) is 6.14. The molecular weight excluding hydrogens is 344 g/mol. The van der Waals surface area contributed by atoms with Gasteiger partial charge < -0.3 is 10.4 Å². The first-order chi connectivity index (χ1) is 11.8. The summed E-state index contributed by atoms with van der Waals surface area (Å²) in [5, 5.41) is 25.4. The van der Waals surface area contributed by atoms with Crippen molar-refractivity contribution in [1.29, 1.82) is 0 Å². The highest BCUT2D eigenvalue weighted by Gasteiger charge is 2.35. The Labute approximate surface area is 143 Å². The van der Waals surface area contributed by atoms with Crippen molar-refractivity contribution in [2.24, 2.45) is 0 Å². The van der Waals surface area contributed by atoms with Crippen molar-refractivity contribution >= 4 is 26.7 Å². The van der Waals surface area contributed by atoms with Gasteiger partial charge in [-0.05, 0) is 0 Å². The molecule has 0 aliphatic heterocycles. The molecule has 0 N–H and O–H groups in total. The van der Waals surface area contributed by atoms with Gasteiger partial charge in [0.1, 0.15) is 5.75 Å². The molecule has 1 heterocycles. The van der Waals surface area contributed by atoms with E-state index in [9.17, 15) is 23.6 Å². The smallest absolute Gasteiger partial charge is 0.335 e. The number of hydrogen-bond acceptors (Lipinski definition) is 5. The number of benzene rings is 2. The van der Waals surface area contributed by atoms with Gasteiger partial charge in [-0.2, -0.15) is 9.46 Å². The van der Waals surface area contributed by atoms with Gasteiger partial charge >= 0.3 is 5.69 Å². The fourth-order valence-corrected chi connectivity index (χ4v) is 3.36. The summed E-state index contributed by atoms with van der Waals surface area (Å²) in [4.78, 5) is 12.8. The van der Waals surface area contributed by atoms with Crippen molar-refractivity contribution in [3.8, 4) is 0 Å². The molecule has 3 rings (SSSR count). The summed E-state index contributed by atoms with van der Waals surface area (Å²) in [6, 6.07) is 13.8. The minimum absolute atomic E-state index is 0.000705. The van der Waals surface area contributed by atoms with Crippen molar-refractivity contribution in [3.05, 3.63) is 82.0 Å². The molecule has 0 unspecified atom stereocenters. The number of fused-ring (bicyclic) bond motifs is 1. The predicted octanol–water partition coefficient (Wildman–Crippen LogP) is 0.882. The predicted molar refractivity (Wildman–Crippen MR) is 90.3 cm³/mol. The van der Waals surface area contributed by atoms with E-state index in [4.69, 9.17) is 0 Å². The van der Waals surface area contributed by atoms with E-state index in [0.717, 1.165) is 6.26 Å². The van der Waals surface area contributed by atoms with Gasteiger partial charge in [0.2, 0.25) is 0 Å². The third-order valence-corrected chi connectivity index (χ3v) is 4.49. The third kappa shape index (κ3) is 3.16. The summed E-state index contributed by atoms with van der Waals surface area (Å²) in [5.74, 6) is -1.41. The first kappa shape index (κ1) is 16.8. The lowest BCUT2D eigenvalue weighted by molar-refractivity contribution is -0.635. The number of carbonyl (C=O) groups excluding carboxylic acids is 1. The van der Waals surface area contributed by atoms with Crippen molar-refractivity contribution in [2.45, 2.75) is 5.75 Å². The first-order valence-corrected chi connectivity index (χ1v) is 9.40. The van der Waals surface area contributed by atoms with E-state index in [2.05, 4.69) is 0 Å².